The first-order valence-corrected chi connectivity index (χ1v) is 9.36. The molecule has 0 saturated carbocycles. The third-order valence-electron chi connectivity index (χ3n) is 4.67. The van der Waals surface area contributed by atoms with Crippen LogP contribution in [0.25, 0.3) is 0 Å². The van der Waals surface area contributed by atoms with Crippen molar-refractivity contribution in [1.82, 2.24) is 9.80 Å². The van der Waals surface area contributed by atoms with Crippen molar-refractivity contribution in [3.8, 4) is 5.75 Å². The number of rotatable bonds is 7. The lowest BCUT2D eigenvalue weighted by Crippen LogP contribution is -2.37. The monoisotopic (exact) mass is 386 g/mol. The molecule has 1 aliphatic rings. The van der Waals surface area contributed by atoms with E-state index in [4.69, 9.17) is 16.3 Å². The van der Waals surface area contributed by atoms with Crippen molar-refractivity contribution in [2.24, 2.45) is 5.92 Å². The Labute approximate surface area is 164 Å². The first-order chi connectivity index (χ1) is 13.0. The Balaban J connectivity index is 1.47. The fourth-order valence-corrected chi connectivity index (χ4v) is 3.27. The molecule has 0 spiro atoms. The molecule has 0 radical (unpaired) electrons. The minimum Gasteiger partial charge on any atom is -0.492 e. The van der Waals surface area contributed by atoms with Crippen molar-refractivity contribution in [1.29, 1.82) is 0 Å². The van der Waals surface area contributed by atoms with Gasteiger partial charge < -0.3 is 14.5 Å². The molecular formula is C21H23ClN2O3. The van der Waals surface area contributed by atoms with Gasteiger partial charge in [-0.2, -0.15) is 0 Å². The molecule has 2 aromatic rings. The van der Waals surface area contributed by atoms with Crippen LogP contribution in [0.4, 0.5) is 0 Å². The highest BCUT2D eigenvalue weighted by atomic mass is 35.5. The Morgan fingerprint density at radius 1 is 1.19 bits per heavy atom. The number of carbonyl (C=O) groups excluding carboxylic acids is 2. The molecule has 3 rings (SSSR count). The van der Waals surface area contributed by atoms with Gasteiger partial charge in [0.1, 0.15) is 12.4 Å². The zero-order valence-corrected chi connectivity index (χ0v) is 16.1. The minimum atomic E-state index is -0.290. The molecule has 27 heavy (non-hydrogen) atoms. The number of hydrogen-bond acceptors (Lipinski definition) is 3. The van der Waals surface area contributed by atoms with E-state index in [9.17, 15) is 9.59 Å². The summed E-state index contributed by atoms with van der Waals surface area (Å²) in [5.41, 5.74) is 1.07. The predicted octanol–water partition coefficient (Wildman–Crippen LogP) is 3.23. The van der Waals surface area contributed by atoms with Crippen LogP contribution in [0.1, 0.15) is 12.0 Å². The number of likely N-dealkylation sites (tertiary alicyclic amines) is 1. The van der Waals surface area contributed by atoms with E-state index in [1.54, 1.807) is 41.1 Å². The highest BCUT2D eigenvalue weighted by Gasteiger charge is 2.35. The smallest absolute Gasteiger partial charge is 0.227 e. The van der Waals surface area contributed by atoms with Gasteiger partial charge in [0.2, 0.25) is 11.8 Å². The maximum Gasteiger partial charge on any atom is 0.227 e. The van der Waals surface area contributed by atoms with Crippen molar-refractivity contribution >= 4 is 23.4 Å². The molecule has 5 nitrogen and oxygen atoms in total. The Bertz CT molecular complexity index is 780. The summed E-state index contributed by atoms with van der Waals surface area (Å²) in [5.74, 6) is 0.439. The van der Waals surface area contributed by atoms with Crippen molar-refractivity contribution in [2.75, 3.05) is 26.7 Å². The summed E-state index contributed by atoms with van der Waals surface area (Å²) >= 11 is 5.85. The van der Waals surface area contributed by atoms with E-state index in [0.717, 1.165) is 5.56 Å². The summed E-state index contributed by atoms with van der Waals surface area (Å²) in [7, 11) is 1.75. The second-order valence-corrected chi connectivity index (χ2v) is 7.16. The molecule has 0 aliphatic carbocycles. The molecule has 0 unspecified atom stereocenters. The van der Waals surface area contributed by atoms with E-state index in [2.05, 4.69) is 0 Å². The molecule has 2 aromatic carbocycles. The Kier molecular flexibility index (Phi) is 6.35. The first-order valence-electron chi connectivity index (χ1n) is 8.98. The van der Waals surface area contributed by atoms with Gasteiger partial charge in [-0.15, -0.1) is 0 Å². The zero-order valence-electron chi connectivity index (χ0n) is 15.3. The molecule has 1 aliphatic heterocycles. The van der Waals surface area contributed by atoms with E-state index in [1.165, 1.54) is 0 Å². The lowest BCUT2D eigenvalue weighted by Gasteiger charge is -2.21. The van der Waals surface area contributed by atoms with Gasteiger partial charge >= 0.3 is 0 Å². The zero-order chi connectivity index (χ0) is 19.2. The van der Waals surface area contributed by atoms with Crippen LogP contribution in [0.5, 0.6) is 5.75 Å². The molecule has 1 heterocycles. The van der Waals surface area contributed by atoms with Gasteiger partial charge in [-0.05, 0) is 29.8 Å². The molecule has 142 valence electrons. The summed E-state index contributed by atoms with van der Waals surface area (Å²) in [6, 6.07) is 16.9. The summed E-state index contributed by atoms with van der Waals surface area (Å²) in [5, 5.41) is 0.653. The fraction of sp³-hybridized carbons (Fsp3) is 0.333. The predicted molar refractivity (Wildman–Crippen MR) is 105 cm³/mol. The van der Waals surface area contributed by atoms with Crippen molar-refractivity contribution in [3.05, 3.63) is 65.2 Å². The number of benzene rings is 2. The molecule has 6 heteroatoms. The molecular weight excluding hydrogens is 364 g/mol. The van der Waals surface area contributed by atoms with Crippen LogP contribution < -0.4 is 4.74 Å². The summed E-state index contributed by atoms with van der Waals surface area (Å²) < 4.78 is 5.64. The second-order valence-electron chi connectivity index (χ2n) is 6.72. The van der Waals surface area contributed by atoms with Crippen LogP contribution in [-0.4, -0.2) is 48.4 Å². The number of halogens is 1. The lowest BCUT2D eigenvalue weighted by molar-refractivity contribution is -0.134. The maximum absolute atomic E-state index is 12.6. The van der Waals surface area contributed by atoms with Crippen molar-refractivity contribution in [2.45, 2.75) is 13.0 Å². The summed E-state index contributed by atoms with van der Waals surface area (Å²) in [6.07, 6.45) is 0.272. The van der Waals surface area contributed by atoms with Gasteiger partial charge in [0.15, 0.2) is 0 Å². The van der Waals surface area contributed by atoms with Crippen LogP contribution in [0.2, 0.25) is 5.02 Å². The number of ether oxygens (including phenoxy) is 1. The van der Waals surface area contributed by atoms with Crippen LogP contribution in [0.15, 0.2) is 54.6 Å². The van der Waals surface area contributed by atoms with Gasteiger partial charge in [0.25, 0.3) is 0 Å². The van der Waals surface area contributed by atoms with E-state index >= 15 is 0 Å². The highest BCUT2D eigenvalue weighted by Crippen LogP contribution is 2.22. The molecule has 0 bridgehead atoms. The third kappa shape index (κ3) is 5.23. The number of carbonyl (C=O) groups is 2. The molecule has 1 fully saturated rings. The topological polar surface area (TPSA) is 49.9 Å². The van der Waals surface area contributed by atoms with E-state index < -0.39 is 0 Å². The molecule has 1 atom stereocenters. The molecule has 1 saturated heterocycles. The third-order valence-corrected chi connectivity index (χ3v) is 4.92. The van der Waals surface area contributed by atoms with Gasteiger partial charge in [-0.25, -0.2) is 0 Å². The van der Waals surface area contributed by atoms with Crippen molar-refractivity contribution < 1.29 is 14.3 Å². The Morgan fingerprint density at radius 2 is 1.89 bits per heavy atom. The van der Waals surface area contributed by atoms with Crippen LogP contribution in [0.3, 0.4) is 0 Å². The number of hydrogen-bond donors (Lipinski definition) is 0. The number of amides is 2. The molecule has 0 aromatic heterocycles. The standard InChI is InChI=1S/C21H23ClN2O3/c1-23(11-12-27-19-9-7-18(22)8-10-19)21(26)17-13-20(25)24(15-17)14-16-5-3-2-4-6-16/h2-10,17H,11-15H2,1H3/t17-/m1/s1. The van der Waals surface area contributed by atoms with E-state index in [-0.39, 0.29) is 24.2 Å². The highest BCUT2D eigenvalue weighted by molar-refractivity contribution is 6.30. The second kappa shape index (κ2) is 8.91. The van der Waals surface area contributed by atoms with Gasteiger partial charge in [-0.1, -0.05) is 41.9 Å². The maximum atomic E-state index is 12.6. The average molecular weight is 387 g/mol. The van der Waals surface area contributed by atoms with E-state index in [1.807, 2.05) is 30.3 Å². The summed E-state index contributed by atoms with van der Waals surface area (Å²) in [6.45, 7) is 1.87. The average Bonchev–Trinajstić information content (AvgIpc) is 3.04. The Morgan fingerprint density at radius 3 is 2.59 bits per heavy atom. The normalized spacial score (nSPS) is 16.4. The first kappa shape index (κ1) is 19.2. The largest absolute Gasteiger partial charge is 0.492 e. The molecule has 2 amide bonds. The lowest BCUT2D eigenvalue weighted by atomic mass is 10.1. The molecule has 0 N–H and O–H groups in total. The summed E-state index contributed by atoms with van der Waals surface area (Å²) in [4.78, 5) is 28.3. The van der Waals surface area contributed by atoms with Gasteiger partial charge in [-0.3, -0.25) is 9.59 Å². The SMILES string of the molecule is CN(CCOc1ccc(Cl)cc1)C(=O)[C@@H]1CC(=O)N(Cc2ccccc2)C1. The van der Waals surface area contributed by atoms with Crippen LogP contribution in [-0.2, 0) is 16.1 Å². The van der Waals surface area contributed by atoms with E-state index in [0.29, 0.717) is 37.0 Å². The number of likely N-dealkylation sites (N-methyl/N-ethyl adjacent to an activating group) is 1. The van der Waals surface area contributed by atoms with Gasteiger partial charge in [0, 0.05) is 31.6 Å². The number of nitrogens with zero attached hydrogens (tertiary/aromatic N) is 2. The van der Waals surface area contributed by atoms with Crippen LogP contribution >= 0.6 is 11.6 Å². The quantitative estimate of drug-likeness (QED) is 0.734. The Hall–Kier alpha value is -2.53. The minimum absolute atomic E-state index is 0.0152. The van der Waals surface area contributed by atoms with Crippen LogP contribution in [0, 0.1) is 5.92 Å². The fourth-order valence-electron chi connectivity index (χ4n) is 3.15. The van der Waals surface area contributed by atoms with Gasteiger partial charge in [0.05, 0.1) is 12.5 Å². The van der Waals surface area contributed by atoms with Crippen molar-refractivity contribution in [3.63, 3.8) is 0 Å².